The molecule has 39 heavy (non-hydrogen) atoms. The Morgan fingerprint density at radius 3 is 2.10 bits per heavy atom. The molecule has 0 atom stereocenters. The highest BCUT2D eigenvalue weighted by Crippen LogP contribution is 2.25. The van der Waals surface area contributed by atoms with E-state index in [-0.39, 0.29) is 24.2 Å². The van der Waals surface area contributed by atoms with Crippen LogP contribution in [0.5, 0.6) is 11.5 Å². The number of hydrogen-bond acceptors (Lipinski definition) is 6. The summed E-state index contributed by atoms with van der Waals surface area (Å²) in [4.78, 5) is 19.7. The monoisotopic (exact) mass is 524 g/mol. The van der Waals surface area contributed by atoms with Gasteiger partial charge in [-0.15, -0.1) is 0 Å². The molecule has 0 unspecified atom stereocenters. The summed E-state index contributed by atoms with van der Waals surface area (Å²) in [5, 5.41) is 12.1. The molecule has 1 N–H and O–H groups in total. The van der Waals surface area contributed by atoms with Crippen molar-refractivity contribution in [3.8, 4) is 17.6 Å². The van der Waals surface area contributed by atoms with Gasteiger partial charge in [-0.1, -0.05) is 23.8 Å². The van der Waals surface area contributed by atoms with Crippen LogP contribution in [0.1, 0.15) is 65.7 Å². The second-order valence-electron chi connectivity index (χ2n) is 10.7. The van der Waals surface area contributed by atoms with Gasteiger partial charge < -0.3 is 14.8 Å². The van der Waals surface area contributed by atoms with Crippen molar-refractivity contribution in [1.29, 1.82) is 5.26 Å². The van der Waals surface area contributed by atoms with E-state index in [0.717, 1.165) is 75.2 Å². The highest BCUT2D eigenvalue weighted by molar-refractivity contribution is 5.92. The molecule has 1 saturated carbocycles. The van der Waals surface area contributed by atoms with Crippen LogP contribution in [0.3, 0.4) is 0 Å². The van der Waals surface area contributed by atoms with Gasteiger partial charge in [-0.3, -0.25) is 14.7 Å². The van der Waals surface area contributed by atoms with E-state index in [1.165, 1.54) is 5.56 Å². The van der Waals surface area contributed by atoms with E-state index in [9.17, 15) is 4.79 Å². The molecule has 5 rings (SSSR count). The van der Waals surface area contributed by atoms with Crippen LogP contribution in [0.25, 0.3) is 0 Å². The van der Waals surface area contributed by atoms with Gasteiger partial charge in [0.2, 0.25) is 0 Å². The first kappa shape index (κ1) is 26.7. The van der Waals surface area contributed by atoms with Crippen molar-refractivity contribution in [3.05, 3.63) is 89.2 Å². The van der Waals surface area contributed by atoms with Gasteiger partial charge >= 0.3 is 0 Å². The number of carbonyl (C=O) groups excluding carboxylic acids is 1. The number of likely N-dealkylation sites (tertiary alicyclic amines) is 1. The summed E-state index contributed by atoms with van der Waals surface area (Å²) in [5.74, 6) is 1.61. The predicted octanol–water partition coefficient (Wildman–Crippen LogP) is 5.43. The third kappa shape index (κ3) is 7.58. The summed E-state index contributed by atoms with van der Waals surface area (Å²) in [5.41, 5.74) is 3.44. The zero-order chi connectivity index (χ0) is 27.0. The standard InChI is InChI=1S/C32H36N4O3/c1-23-2-9-27(10-3-23)39-30-16-18-36(19-17-30)22-25-6-15-31(34-21-25)32(37)35-26-7-13-29(14-8-26)38-28-11-4-24(20-33)5-12-28/h2-6,9-12,15,21,26,29-30H,7-8,13-14,16-19,22H2,1H3,(H,35,37). The van der Waals surface area contributed by atoms with Gasteiger partial charge in [0, 0.05) is 31.9 Å². The third-order valence-electron chi connectivity index (χ3n) is 7.62. The number of carbonyl (C=O) groups is 1. The van der Waals surface area contributed by atoms with E-state index >= 15 is 0 Å². The van der Waals surface area contributed by atoms with E-state index in [4.69, 9.17) is 14.7 Å². The van der Waals surface area contributed by atoms with Crippen LogP contribution in [0.15, 0.2) is 66.9 Å². The minimum absolute atomic E-state index is 0.118. The summed E-state index contributed by atoms with van der Waals surface area (Å²) in [6, 6.07) is 21.6. The Labute approximate surface area is 230 Å². The smallest absolute Gasteiger partial charge is 0.270 e. The molecule has 202 valence electrons. The Hall–Kier alpha value is -3.89. The fourth-order valence-corrected chi connectivity index (χ4v) is 5.29. The molecule has 1 aliphatic heterocycles. The molecule has 1 amide bonds. The first-order chi connectivity index (χ1) is 19.0. The summed E-state index contributed by atoms with van der Waals surface area (Å²) in [6.45, 7) is 4.88. The first-order valence-electron chi connectivity index (χ1n) is 13.9. The molecule has 1 aromatic heterocycles. The second kappa shape index (κ2) is 12.8. The molecule has 0 radical (unpaired) electrons. The van der Waals surface area contributed by atoms with Crippen LogP contribution in [-0.2, 0) is 6.54 Å². The number of pyridine rings is 1. The average Bonchev–Trinajstić information content (AvgIpc) is 2.97. The van der Waals surface area contributed by atoms with Crippen molar-refractivity contribution < 1.29 is 14.3 Å². The van der Waals surface area contributed by atoms with E-state index in [1.54, 1.807) is 12.1 Å². The molecule has 7 nitrogen and oxygen atoms in total. The van der Waals surface area contributed by atoms with Crippen molar-refractivity contribution >= 4 is 5.91 Å². The number of piperidine rings is 1. The maximum Gasteiger partial charge on any atom is 0.270 e. The highest BCUT2D eigenvalue weighted by Gasteiger charge is 2.25. The van der Waals surface area contributed by atoms with Crippen LogP contribution < -0.4 is 14.8 Å². The molecule has 0 bridgehead atoms. The fraction of sp³-hybridized carbons (Fsp3) is 0.406. The molecule has 2 aromatic carbocycles. The molecule has 2 aliphatic rings. The molecule has 0 spiro atoms. The van der Waals surface area contributed by atoms with Gasteiger partial charge in [0.25, 0.3) is 5.91 Å². The van der Waals surface area contributed by atoms with E-state index in [2.05, 4.69) is 40.3 Å². The van der Waals surface area contributed by atoms with Crippen molar-refractivity contribution in [2.45, 2.75) is 70.2 Å². The summed E-state index contributed by atoms with van der Waals surface area (Å²) >= 11 is 0. The second-order valence-corrected chi connectivity index (χ2v) is 10.7. The number of nitrogens with one attached hydrogen (secondary N) is 1. The first-order valence-corrected chi connectivity index (χ1v) is 13.9. The summed E-state index contributed by atoms with van der Waals surface area (Å²) in [6.07, 6.45) is 7.71. The van der Waals surface area contributed by atoms with Crippen molar-refractivity contribution in [2.24, 2.45) is 0 Å². The predicted molar refractivity (Wildman–Crippen MR) is 150 cm³/mol. The third-order valence-corrected chi connectivity index (χ3v) is 7.62. The minimum Gasteiger partial charge on any atom is -0.490 e. The average molecular weight is 525 g/mol. The van der Waals surface area contributed by atoms with Crippen LogP contribution in [0, 0.1) is 18.3 Å². The molecule has 1 aliphatic carbocycles. The summed E-state index contributed by atoms with van der Waals surface area (Å²) in [7, 11) is 0. The normalized spacial score (nSPS) is 20.1. The van der Waals surface area contributed by atoms with E-state index in [0.29, 0.717) is 11.3 Å². The van der Waals surface area contributed by atoms with E-state index < -0.39 is 0 Å². The number of nitriles is 1. The van der Waals surface area contributed by atoms with Crippen LogP contribution >= 0.6 is 0 Å². The fourth-order valence-electron chi connectivity index (χ4n) is 5.29. The summed E-state index contributed by atoms with van der Waals surface area (Å²) < 4.78 is 12.2. The zero-order valence-electron chi connectivity index (χ0n) is 22.5. The highest BCUT2D eigenvalue weighted by atomic mass is 16.5. The Morgan fingerprint density at radius 2 is 1.51 bits per heavy atom. The minimum atomic E-state index is -0.118. The maximum atomic E-state index is 12.8. The van der Waals surface area contributed by atoms with Gasteiger partial charge in [-0.25, -0.2) is 0 Å². The van der Waals surface area contributed by atoms with Crippen molar-refractivity contribution in [1.82, 2.24) is 15.2 Å². The van der Waals surface area contributed by atoms with Gasteiger partial charge in [-0.05, 0) is 93.5 Å². The van der Waals surface area contributed by atoms with Crippen LogP contribution in [-0.4, -0.2) is 47.1 Å². The van der Waals surface area contributed by atoms with Crippen LogP contribution in [0.2, 0.25) is 0 Å². The maximum absolute atomic E-state index is 12.8. The largest absolute Gasteiger partial charge is 0.490 e. The quantitative estimate of drug-likeness (QED) is 0.423. The lowest BCUT2D eigenvalue weighted by atomic mass is 9.92. The topological polar surface area (TPSA) is 87.5 Å². The molecule has 2 fully saturated rings. The SMILES string of the molecule is Cc1ccc(OC2CCN(Cc3ccc(C(=O)NC4CCC(Oc5ccc(C#N)cc5)CC4)nc3)CC2)cc1. The number of rotatable bonds is 8. The van der Waals surface area contributed by atoms with Gasteiger partial charge in [-0.2, -0.15) is 5.26 Å². The van der Waals surface area contributed by atoms with Crippen LogP contribution in [0.4, 0.5) is 0 Å². The number of nitrogens with zero attached hydrogens (tertiary/aromatic N) is 3. The number of aromatic nitrogens is 1. The molecule has 3 aromatic rings. The van der Waals surface area contributed by atoms with E-state index in [1.807, 2.05) is 42.6 Å². The molecule has 2 heterocycles. The molecular formula is C32H36N4O3. The van der Waals surface area contributed by atoms with Gasteiger partial charge in [0.1, 0.15) is 23.3 Å². The lowest BCUT2D eigenvalue weighted by Gasteiger charge is -2.32. The number of ether oxygens (including phenoxy) is 2. The lowest BCUT2D eigenvalue weighted by molar-refractivity contribution is 0.0888. The zero-order valence-corrected chi connectivity index (χ0v) is 22.5. The number of hydrogen-bond donors (Lipinski definition) is 1. The number of benzene rings is 2. The lowest BCUT2D eigenvalue weighted by Crippen LogP contribution is -2.40. The van der Waals surface area contributed by atoms with Crippen molar-refractivity contribution in [3.63, 3.8) is 0 Å². The number of amides is 1. The molecule has 7 heteroatoms. The molecule has 1 saturated heterocycles. The Kier molecular flexibility index (Phi) is 8.75. The number of aryl methyl sites for hydroxylation is 1. The van der Waals surface area contributed by atoms with Gasteiger partial charge in [0.05, 0.1) is 17.7 Å². The Bertz CT molecular complexity index is 1250. The van der Waals surface area contributed by atoms with Crippen molar-refractivity contribution in [2.75, 3.05) is 13.1 Å². The Morgan fingerprint density at radius 1 is 0.897 bits per heavy atom. The molecular weight excluding hydrogens is 488 g/mol. The van der Waals surface area contributed by atoms with Gasteiger partial charge in [0.15, 0.2) is 0 Å². The Balaban J connectivity index is 1.02.